The fourth-order valence-corrected chi connectivity index (χ4v) is 4.51. The summed E-state index contributed by atoms with van der Waals surface area (Å²) < 4.78 is 43.8. The van der Waals surface area contributed by atoms with Crippen LogP contribution in [0.15, 0.2) is 29.1 Å². The highest BCUT2D eigenvalue weighted by atomic mass is 32.1. The Labute approximate surface area is 227 Å². The molecule has 10 nitrogen and oxygen atoms in total. The summed E-state index contributed by atoms with van der Waals surface area (Å²) in [4.78, 5) is 41.4. The number of hydrogen-bond acceptors (Lipinski definition) is 8. The van der Waals surface area contributed by atoms with Gasteiger partial charge in [-0.1, -0.05) is 13.0 Å². The average Bonchev–Trinajstić information content (AvgIpc) is 3.22. The van der Waals surface area contributed by atoms with E-state index in [1.165, 1.54) is 11.1 Å². The Balaban J connectivity index is 2.32. The van der Waals surface area contributed by atoms with E-state index in [4.69, 9.17) is 4.74 Å². The number of carbonyl (C=O) groups excluding carboxylic acids is 2. The van der Waals surface area contributed by atoms with E-state index in [1.807, 2.05) is 11.8 Å². The molecule has 0 fully saturated rings. The number of halogens is 3. The molecule has 1 aromatic carbocycles. The van der Waals surface area contributed by atoms with Crippen LogP contribution in [-0.2, 0) is 20.9 Å². The van der Waals surface area contributed by atoms with E-state index in [9.17, 15) is 32.8 Å². The van der Waals surface area contributed by atoms with Crippen LogP contribution in [-0.4, -0.2) is 74.4 Å². The lowest BCUT2D eigenvalue weighted by atomic mass is 10.2. The van der Waals surface area contributed by atoms with E-state index < -0.39 is 29.8 Å². The van der Waals surface area contributed by atoms with Crippen LogP contribution in [0, 0.1) is 11.3 Å². The summed E-state index contributed by atoms with van der Waals surface area (Å²) in [6.07, 6.45) is -3.26. The molecule has 0 spiro atoms. The van der Waals surface area contributed by atoms with Crippen LogP contribution in [0.3, 0.4) is 0 Å². The van der Waals surface area contributed by atoms with E-state index in [1.54, 1.807) is 56.7 Å². The minimum atomic E-state index is -4.65. The van der Waals surface area contributed by atoms with Crippen molar-refractivity contribution < 1.29 is 27.5 Å². The molecule has 0 radical (unpaired) electrons. The number of ether oxygens (including phenoxy) is 1. The van der Waals surface area contributed by atoms with Crippen molar-refractivity contribution in [2.45, 2.75) is 26.6 Å². The predicted octanol–water partition coefficient (Wildman–Crippen LogP) is 1.06. The summed E-state index contributed by atoms with van der Waals surface area (Å²) >= 11 is 0.806. The molecule has 2 aromatic rings. The largest absolute Gasteiger partial charge is 0.405 e. The Morgan fingerprint density at radius 3 is 2.59 bits per heavy atom. The number of nitriles is 1. The molecule has 0 saturated heterocycles. The fourth-order valence-electron chi connectivity index (χ4n) is 3.42. The van der Waals surface area contributed by atoms with Crippen LogP contribution in [0.4, 0.5) is 24.5 Å². The number of carbonyl (C=O) groups is 2. The molecule has 39 heavy (non-hydrogen) atoms. The van der Waals surface area contributed by atoms with Gasteiger partial charge in [-0.25, -0.2) is 0 Å². The summed E-state index contributed by atoms with van der Waals surface area (Å²) in [7, 11) is 3.26. The van der Waals surface area contributed by atoms with Gasteiger partial charge in [0, 0.05) is 44.8 Å². The second kappa shape index (κ2) is 14.5. The van der Waals surface area contributed by atoms with Gasteiger partial charge in [0.2, 0.25) is 5.91 Å². The van der Waals surface area contributed by atoms with E-state index in [0.717, 1.165) is 15.9 Å². The van der Waals surface area contributed by atoms with Crippen LogP contribution in [0.25, 0.3) is 11.8 Å². The molecule has 2 rings (SSSR count). The van der Waals surface area contributed by atoms with Gasteiger partial charge in [-0.15, -0.1) is 11.3 Å². The molecule has 14 heteroatoms. The van der Waals surface area contributed by atoms with Crippen LogP contribution >= 0.6 is 11.3 Å². The zero-order chi connectivity index (χ0) is 29.2. The van der Waals surface area contributed by atoms with Crippen molar-refractivity contribution >= 4 is 46.3 Å². The molecule has 0 atom stereocenters. The number of anilines is 2. The molecule has 0 bridgehead atoms. The Morgan fingerprint density at radius 2 is 2.00 bits per heavy atom. The summed E-state index contributed by atoms with van der Waals surface area (Å²) in [6.45, 7) is 4.09. The topological polar surface area (TPSA) is 120 Å². The van der Waals surface area contributed by atoms with E-state index >= 15 is 0 Å². The van der Waals surface area contributed by atoms with Crippen LogP contribution in [0.5, 0.6) is 0 Å². The first-order chi connectivity index (χ1) is 18.4. The smallest absolute Gasteiger partial charge is 0.383 e. The number of rotatable bonds is 12. The maximum atomic E-state index is 12.9. The number of benzene rings is 1. The zero-order valence-electron chi connectivity index (χ0n) is 22.1. The molecular weight excluding hydrogens is 537 g/mol. The number of thiazole rings is 1. The number of alkyl halides is 3. The summed E-state index contributed by atoms with van der Waals surface area (Å²) in [5.74, 6) is -1.34. The third-order valence-electron chi connectivity index (χ3n) is 5.62. The van der Waals surface area contributed by atoms with Crippen molar-refractivity contribution in [1.29, 1.82) is 5.26 Å². The van der Waals surface area contributed by atoms with Crippen molar-refractivity contribution in [2.24, 2.45) is 0 Å². The van der Waals surface area contributed by atoms with Crippen molar-refractivity contribution in [3.63, 3.8) is 0 Å². The Bertz CT molecular complexity index is 1380. The number of amides is 2. The summed E-state index contributed by atoms with van der Waals surface area (Å²) in [5, 5.41) is 14.1. The van der Waals surface area contributed by atoms with Crippen molar-refractivity contribution in [3.8, 4) is 6.07 Å². The first-order valence-electron chi connectivity index (χ1n) is 12.0. The van der Waals surface area contributed by atoms with Gasteiger partial charge in [0.15, 0.2) is 5.57 Å². The normalized spacial score (nSPS) is 12.7. The molecular formula is C25H31F3N6O4S. The van der Waals surface area contributed by atoms with Crippen molar-refractivity contribution in [2.75, 3.05) is 57.2 Å². The maximum absolute atomic E-state index is 12.9. The highest BCUT2D eigenvalue weighted by Gasteiger charge is 2.29. The first-order valence-corrected chi connectivity index (χ1v) is 12.8. The molecule has 212 valence electrons. The van der Waals surface area contributed by atoms with E-state index in [0.29, 0.717) is 31.1 Å². The fraction of sp³-hybridized carbons (Fsp3) is 0.440. The number of hydrogen-bond donors (Lipinski definition) is 2. The van der Waals surface area contributed by atoms with Gasteiger partial charge in [-0.05, 0) is 31.7 Å². The van der Waals surface area contributed by atoms with Gasteiger partial charge < -0.3 is 20.3 Å². The number of nitrogens with one attached hydrogen (secondary N) is 2. The molecule has 2 amide bonds. The summed E-state index contributed by atoms with van der Waals surface area (Å²) in [5.41, 5.74) is 0.0706. The lowest BCUT2D eigenvalue weighted by molar-refractivity contribution is -0.135. The molecule has 0 saturated carbocycles. The highest BCUT2D eigenvalue weighted by molar-refractivity contribution is 7.07. The highest BCUT2D eigenvalue weighted by Crippen LogP contribution is 2.19. The van der Waals surface area contributed by atoms with Gasteiger partial charge in [0.25, 0.3) is 11.5 Å². The monoisotopic (exact) mass is 568 g/mol. The van der Waals surface area contributed by atoms with Gasteiger partial charge in [0.1, 0.15) is 21.8 Å². The van der Waals surface area contributed by atoms with E-state index in [-0.39, 0.29) is 28.2 Å². The summed E-state index contributed by atoms with van der Waals surface area (Å²) in [6, 6.07) is 8.53. The second-order valence-corrected chi connectivity index (χ2v) is 9.29. The number of aromatic nitrogens is 1. The van der Waals surface area contributed by atoms with Crippen molar-refractivity contribution in [3.05, 3.63) is 43.8 Å². The second-order valence-electron chi connectivity index (χ2n) is 8.26. The molecule has 0 aliphatic rings. The minimum Gasteiger partial charge on any atom is -0.383 e. The predicted molar refractivity (Wildman–Crippen MR) is 144 cm³/mol. The van der Waals surface area contributed by atoms with Gasteiger partial charge in [-0.3, -0.25) is 23.9 Å². The number of likely N-dealkylation sites (N-methyl/N-ethyl adjacent to an activating group) is 2. The number of methoxy groups -OCH3 is 1. The van der Waals surface area contributed by atoms with E-state index in [2.05, 4.69) is 5.32 Å². The molecule has 2 N–H and O–H groups in total. The quantitative estimate of drug-likeness (QED) is 0.393. The van der Waals surface area contributed by atoms with Crippen LogP contribution in [0.1, 0.15) is 13.8 Å². The molecule has 0 aliphatic heterocycles. The molecule has 0 unspecified atom stereocenters. The third kappa shape index (κ3) is 8.95. The Hall–Kier alpha value is -3.67. The molecule has 0 aliphatic carbocycles. The zero-order valence-corrected chi connectivity index (χ0v) is 22.9. The van der Waals surface area contributed by atoms with Gasteiger partial charge >= 0.3 is 6.18 Å². The Morgan fingerprint density at radius 1 is 1.28 bits per heavy atom. The molecule has 1 heterocycles. The lowest BCUT2D eigenvalue weighted by Crippen LogP contribution is -2.39. The minimum absolute atomic E-state index is 0.0502. The van der Waals surface area contributed by atoms with Crippen LogP contribution < -0.4 is 30.3 Å². The Kier molecular flexibility index (Phi) is 11.7. The standard InChI is InChI=1S/C25H31F3N6O4S/c1-5-33(10-11-38-4)15-21(35)32(3)18-9-7-8-17(12-18)30-14-20-23(37)34(6-2)24(39-20)19(13-29)22(36)31-16-25(26,27)28/h7-9,12,14,30H,5-6,10-11,15-16H2,1-4H3,(H,31,36)/b20-14+,24-19-. The SMILES string of the molecule is CCN(CCOC)CC(=O)N(C)c1cccc(N/C=c2/s/c(=C(/C#N)C(=O)NCC(F)(F)F)n(CC)c2=O)c1. The average molecular weight is 569 g/mol. The molecule has 1 aromatic heterocycles. The number of nitrogens with zero attached hydrogens (tertiary/aromatic N) is 4. The lowest BCUT2D eigenvalue weighted by Gasteiger charge is -2.24. The third-order valence-corrected chi connectivity index (χ3v) is 6.75. The van der Waals surface area contributed by atoms with Gasteiger partial charge in [-0.2, -0.15) is 18.4 Å². The van der Waals surface area contributed by atoms with Crippen LogP contribution in [0.2, 0.25) is 0 Å². The first kappa shape index (κ1) is 31.5. The van der Waals surface area contributed by atoms with Gasteiger partial charge in [0.05, 0.1) is 13.2 Å². The van der Waals surface area contributed by atoms with Crippen molar-refractivity contribution in [1.82, 2.24) is 14.8 Å². The maximum Gasteiger partial charge on any atom is 0.405 e.